The minimum atomic E-state index is -4.85. The molecule has 0 fully saturated rings. The van der Waals surface area contributed by atoms with Crippen molar-refractivity contribution in [2.45, 2.75) is 128 Å². The summed E-state index contributed by atoms with van der Waals surface area (Å²) in [6, 6.07) is 31.6. The predicted molar refractivity (Wildman–Crippen MR) is 331 cm³/mol. The second kappa shape index (κ2) is 18.3. The molecule has 3 heterocycles. The molecule has 394 valence electrons. The number of hydrogen-bond acceptors (Lipinski definition) is 2. The van der Waals surface area contributed by atoms with Gasteiger partial charge in [-0.1, -0.05) is 203 Å². The first kappa shape index (κ1) is 23.7. The molecule has 0 saturated heterocycles. The number of nitrogens with zero attached hydrogens (tertiary/aromatic N) is 5. The summed E-state index contributed by atoms with van der Waals surface area (Å²) in [5.41, 5.74) is -27.5. The van der Waals surface area contributed by atoms with E-state index in [1.54, 1.807) is 48.7 Å². The van der Waals surface area contributed by atoms with E-state index in [0.29, 0.717) is 22.9 Å². The standard InChI is InChI=1S/C74H73N5/c1-70(2,3)51-37-42-75-68(45-51)79-64-28-16-15-25-58(64)59-34-33-55(47-67(59)79)78(52-21-13-12-14-22-52)54-24-19-23-53(46-54)76-48-77(66-30-18-17-29-65(66)76)69-56(49-31-35-60-62(43-49)73(8,9)40-38-71(60,4)5)26-20-27-57(69)50-32-36-61-63(44-50)74(10,11)41-39-72(61,6)7/h12-37,42-47H,38-41H2,1-11H3/i4D3,5D3,6D3,7D3,8D3,9D3,10D3,11D3,31D,32D,35D,36D,38D2,39D2,40D2,41D2,43D,44D. The number of aromatic nitrogens is 4. The van der Waals surface area contributed by atoms with Gasteiger partial charge in [0.1, 0.15) is 5.82 Å². The molecular formula is C74H73N5. The minimum Gasteiger partial charge on any atom is -0.311 e. The molecule has 3 aromatic heterocycles. The van der Waals surface area contributed by atoms with Gasteiger partial charge in [0, 0.05) is 77.9 Å². The maximum absolute atomic E-state index is 10.5. The number of fused-ring (bicyclic) bond motifs is 6. The molecule has 0 N–H and O–H groups in total. The first-order chi connectivity index (χ1) is 53.4. The van der Waals surface area contributed by atoms with Crippen LogP contribution in [0.3, 0.4) is 0 Å². The van der Waals surface area contributed by atoms with Crippen LogP contribution in [0.2, 0.25) is 0 Å². The van der Waals surface area contributed by atoms with Crippen LogP contribution in [0.25, 0.3) is 72.3 Å². The summed E-state index contributed by atoms with van der Waals surface area (Å²) in [5, 5.41) is 1.77. The fraction of sp³-hybridized carbons (Fsp3) is 0.270. The number of rotatable bonds is 8. The molecule has 2 aliphatic rings. The number of hydrogen-bond donors (Lipinski definition) is 0. The van der Waals surface area contributed by atoms with Gasteiger partial charge < -0.3 is 4.90 Å². The van der Waals surface area contributed by atoms with Crippen LogP contribution in [-0.4, -0.2) is 14.1 Å². The first-order valence-corrected chi connectivity index (χ1v) is 25.2. The monoisotopic (exact) mass is 1070 g/mol. The third-order valence-corrected chi connectivity index (χ3v) is 14.5. The van der Waals surface area contributed by atoms with E-state index < -0.39 is 188 Å². The average Bonchev–Trinajstić information content (AvgIpc) is 1.02. The second-order valence-corrected chi connectivity index (χ2v) is 20.9. The summed E-state index contributed by atoms with van der Waals surface area (Å²) < 4.78 is 359. The largest absolute Gasteiger partial charge is 0.311 e. The van der Waals surface area contributed by atoms with Crippen LogP contribution in [0, 0.1) is 6.33 Å². The van der Waals surface area contributed by atoms with E-state index in [1.165, 1.54) is 28.8 Å². The van der Waals surface area contributed by atoms with E-state index in [2.05, 4.69) is 27.1 Å². The second-order valence-electron chi connectivity index (χ2n) is 20.9. The van der Waals surface area contributed by atoms with Crippen LogP contribution in [0.4, 0.5) is 17.1 Å². The lowest BCUT2D eigenvalue weighted by atomic mass is 9.62. The van der Waals surface area contributed by atoms with Gasteiger partial charge >= 0.3 is 0 Å². The Balaban J connectivity index is 1.21. The number of anilines is 3. The van der Waals surface area contributed by atoms with Gasteiger partial charge in [-0.2, -0.15) is 0 Å². The van der Waals surface area contributed by atoms with Gasteiger partial charge in [0.05, 0.1) is 41.7 Å². The highest BCUT2D eigenvalue weighted by molar-refractivity contribution is 6.10. The van der Waals surface area contributed by atoms with E-state index in [9.17, 15) is 19.2 Å². The molecule has 0 aliphatic heterocycles. The molecular weight excluding hydrogens is 959 g/mol. The van der Waals surface area contributed by atoms with Crippen molar-refractivity contribution < 1.29 is 56.7 Å². The highest BCUT2D eigenvalue weighted by Crippen LogP contribution is 2.50. The zero-order valence-electron chi connectivity index (χ0n) is 80.7. The molecule has 0 saturated carbocycles. The Morgan fingerprint density at radius 1 is 0.544 bits per heavy atom. The van der Waals surface area contributed by atoms with Crippen molar-refractivity contribution in [3.63, 3.8) is 0 Å². The third kappa shape index (κ3) is 8.51. The van der Waals surface area contributed by atoms with Gasteiger partial charge in [-0.25, -0.2) is 4.98 Å². The molecule has 0 unspecified atom stereocenters. The van der Waals surface area contributed by atoms with Gasteiger partial charge in [0.2, 0.25) is 0 Å². The van der Waals surface area contributed by atoms with Crippen LogP contribution in [0.15, 0.2) is 194 Å². The van der Waals surface area contributed by atoms with Gasteiger partial charge in [0.15, 0.2) is 0 Å². The molecule has 79 heavy (non-hydrogen) atoms. The van der Waals surface area contributed by atoms with Crippen LogP contribution in [-0.2, 0) is 27.1 Å². The van der Waals surface area contributed by atoms with E-state index >= 15 is 0 Å². The zero-order valence-corrected chi connectivity index (χ0v) is 42.7. The summed E-state index contributed by atoms with van der Waals surface area (Å²) in [6.45, 7) is -30.2. The fourth-order valence-corrected chi connectivity index (χ4v) is 10.6. The van der Waals surface area contributed by atoms with Crippen molar-refractivity contribution in [3.05, 3.63) is 228 Å². The highest BCUT2D eigenvalue weighted by atomic mass is 15.2. The Morgan fingerprint density at radius 3 is 1.75 bits per heavy atom. The fourth-order valence-electron chi connectivity index (χ4n) is 10.6. The van der Waals surface area contributed by atoms with E-state index in [1.807, 2.05) is 76.2 Å². The lowest BCUT2D eigenvalue weighted by Gasteiger charge is -2.42. The lowest BCUT2D eigenvalue weighted by molar-refractivity contribution is -0.571. The Hall–Kier alpha value is -8.02. The molecule has 0 bridgehead atoms. The summed E-state index contributed by atoms with van der Waals surface area (Å²) in [6.07, 6.45) is -14.4. The molecule has 8 aromatic carbocycles. The lowest BCUT2D eigenvalue weighted by Crippen LogP contribution is -2.34. The maximum Gasteiger partial charge on any atom is 0.269 e. The van der Waals surface area contributed by atoms with Crippen molar-refractivity contribution in [2.75, 3.05) is 4.90 Å². The molecule has 5 nitrogen and oxygen atoms in total. The molecule has 13 rings (SSSR count). The average molecular weight is 1070 g/mol. The third-order valence-electron chi connectivity index (χ3n) is 14.5. The van der Waals surface area contributed by atoms with Crippen LogP contribution in [0.5, 0.6) is 0 Å². The van der Waals surface area contributed by atoms with Crippen LogP contribution in [0.1, 0.15) is 181 Å². The molecule has 0 atom stereocenters. The maximum atomic E-state index is 10.5. The van der Waals surface area contributed by atoms with Gasteiger partial charge in [0.25, 0.3) is 6.33 Å². The SMILES string of the molecule is [2H]c1c([2H])c2c(c([2H])c1-c1cccc(-c3c([2H])c([2H])c4c(c3[2H])C(C([2H])([2H])[2H])(C([2H])([2H])[2H])C([2H])([2H])C([2H])([2H])C4(C([2H])([2H])[2H])C([2H])([2H])[2H])c1-[n+]1[c-]n(-c3cccc(N(c4ccccc4)c4ccc5c6ccccc6n(-c6cc(C(C)(C)C)ccn6)c5c4)c3)c3ccccc31)C(C([2H])([2H])[2H])(C([2H])([2H])[2H])C([2H])([2H])C([2H])([2H])C2(C([2H])([2H])[2H])C([2H])([2H])[2H]. The quantitative estimate of drug-likeness (QED) is 0.112. The van der Waals surface area contributed by atoms with Crippen molar-refractivity contribution in [1.82, 2.24) is 14.1 Å². The molecule has 0 radical (unpaired) electrons. The molecule has 5 heteroatoms. The molecule has 0 amide bonds. The number of para-hydroxylation sites is 5. The Labute approximate surface area is 521 Å². The van der Waals surface area contributed by atoms with Crippen LogP contribution < -0.4 is 9.47 Å². The summed E-state index contributed by atoms with van der Waals surface area (Å²) in [5.74, 6) is 0.618. The van der Waals surface area contributed by atoms with Gasteiger partial charge in [-0.15, -0.1) is 0 Å². The summed E-state index contributed by atoms with van der Waals surface area (Å²) >= 11 is 0. The number of benzene rings is 8. The summed E-state index contributed by atoms with van der Waals surface area (Å²) in [7, 11) is 0. The van der Waals surface area contributed by atoms with E-state index in [0.717, 1.165) is 50.1 Å². The molecule has 2 aliphatic carbocycles. The van der Waals surface area contributed by atoms with Crippen molar-refractivity contribution in [2.24, 2.45) is 0 Å². The van der Waals surface area contributed by atoms with E-state index in [4.69, 9.17) is 37.9 Å². The highest BCUT2D eigenvalue weighted by Gasteiger charge is 2.39. The van der Waals surface area contributed by atoms with Gasteiger partial charge in [-0.05, 0) is 163 Å². The number of pyridine rings is 1. The Kier molecular flexibility index (Phi) is 5.49. The predicted octanol–water partition coefficient (Wildman–Crippen LogP) is 19.0. The zero-order chi connectivity index (χ0) is 87.2. The Morgan fingerprint density at radius 2 is 1.10 bits per heavy atom. The van der Waals surface area contributed by atoms with Crippen molar-refractivity contribution in [1.29, 1.82) is 0 Å². The van der Waals surface area contributed by atoms with E-state index in [-0.39, 0.29) is 22.1 Å². The smallest absolute Gasteiger partial charge is 0.269 e. The van der Waals surface area contributed by atoms with Crippen LogP contribution >= 0.6 is 0 Å². The topological polar surface area (TPSA) is 29.9 Å². The van der Waals surface area contributed by atoms with Crippen molar-refractivity contribution >= 4 is 49.9 Å². The molecule has 0 spiro atoms. The normalized spacial score (nSPS) is 27.1. The molecule has 11 aromatic rings. The van der Waals surface area contributed by atoms with Crippen molar-refractivity contribution in [3.8, 4) is 39.4 Å². The van der Waals surface area contributed by atoms with Gasteiger partial charge in [-0.3, -0.25) is 13.7 Å². The summed E-state index contributed by atoms with van der Waals surface area (Å²) in [4.78, 5) is 6.78. The first-order valence-electron chi connectivity index (χ1n) is 44.2. The Bertz CT molecular complexity index is 5640. The minimum absolute atomic E-state index is 0.0731. The number of imidazole rings is 1.